The molecule has 2 N–H and O–H groups in total. The molecule has 1 aliphatic heterocycles. The van der Waals surface area contributed by atoms with Gasteiger partial charge in [0.2, 0.25) is 5.91 Å². The Morgan fingerprint density at radius 1 is 1.85 bits per heavy atom. The lowest BCUT2D eigenvalue weighted by molar-refractivity contribution is -0.134. The van der Waals surface area contributed by atoms with Gasteiger partial charge in [0.05, 0.1) is 12.7 Å². The Labute approximate surface area is 78.3 Å². The summed E-state index contributed by atoms with van der Waals surface area (Å²) in [7, 11) is 0. The summed E-state index contributed by atoms with van der Waals surface area (Å²) in [5.74, 6) is -0.0473. The second-order valence-corrected chi connectivity index (χ2v) is 3.26. The second-order valence-electron chi connectivity index (χ2n) is 3.26. The van der Waals surface area contributed by atoms with Crippen LogP contribution >= 0.6 is 0 Å². The zero-order valence-electron chi connectivity index (χ0n) is 7.90. The van der Waals surface area contributed by atoms with Crippen LogP contribution < -0.4 is 5.73 Å². The number of amides is 1. The van der Waals surface area contributed by atoms with Gasteiger partial charge in [0.25, 0.3) is 0 Å². The van der Waals surface area contributed by atoms with Crippen LogP contribution in [-0.2, 0) is 9.53 Å². The van der Waals surface area contributed by atoms with Gasteiger partial charge in [0.1, 0.15) is 0 Å². The van der Waals surface area contributed by atoms with Gasteiger partial charge in [0.15, 0.2) is 0 Å². The van der Waals surface area contributed by atoms with Crippen LogP contribution in [0.2, 0.25) is 0 Å². The van der Waals surface area contributed by atoms with Crippen LogP contribution in [0.4, 0.5) is 0 Å². The molecular weight excluding hydrogens is 168 g/mol. The van der Waals surface area contributed by atoms with Gasteiger partial charge in [-0.25, -0.2) is 0 Å². The van der Waals surface area contributed by atoms with Gasteiger partial charge in [-0.1, -0.05) is 6.58 Å². The van der Waals surface area contributed by atoms with Crippen molar-refractivity contribution in [3.8, 4) is 0 Å². The molecule has 1 heterocycles. The average molecular weight is 184 g/mol. The van der Waals surface area contributed by atoms with Crippen molar-refractivity contribution in [2.75, 3.05) is 19.7 Å². The van der Waals surface area contributed by atoms with Crippen LogP contribution in [0.3, 0.4) is 0 Å². The minimum absolute atomic E-state index is 0.0413. The van der Waals surface area contributed by atoms with Gasteiger partial charge in [-0.3, -0.25) is 4.79 Å². The van der Waals surface area contributed by atoms with Crippen LogP contribution in [0.1, 0.15) is 6.92 Å². The van der Waals surface area contributed by atoms with E-state index in [2.05, 4.69) is 6.58 Å². The first-order chi connectivity index (χ1) is 6.15. The summed E-state index contributed by atoms with van der Waals surface area (Å²) in [6.45, 7) is 7.09. The highest BCUT2D eigenvalue weighted by Gasteiger charge is 2.24. The van der Waals surface area contributed by atoms with Gasteiger partial charge in [0, 0.05) is 19.1 Å². The first-order valence-corrected chi connectivity index (χ1v) is 4.43. The Hall–Kier alpha value is -0.870. The number of morpholine rings is 1. The maximum atomic E-state index is 11.2. The van der Waals surface area contributed by atoms with E-state index >= 15 is 0 Å². The molecule has 0 radical (unpaired) electrons. The molecule has 74 valence electrons. The van der Waals surface area contributed by atoms with Crippen molar-refractivity contribution in [3.63, 3.8) is 0 Å². The van der Waals surface area contributed by atoms with Crippen molar-refractivity contribution >= 4 is 5.91 Å². The SMILES string of the molecule is C=CC(=O)N1CCOC(C(C)N)C1. The lowest BCUT2D eigenvalue weighted by atomic mass is 10.1. The third-order valence-corrected chi connectivity index (χ3v) is 2.17. The van der Waals surface area contributed by atoms with Crippen molar-refractivity contribution < 1.29 is 9.53 Å². The lowest BCUT2D eigenvalue weighted by Gasteiger charge is -2.34. The molecule has 0 aromatic rings. The van der Waals surface area contributed by atoms with E-state index in [-0.39, 0.29) is 18.1 Å². The molecule has 0 spiro atoms. The molecule has 0 aromatic heterocycles. The summed E-state index contributed by atoms with van der Waals surface area (Å²) >= 11 is 0. The first kappa shape index (κ1) is 10.2. The smallest absolute Gasteiger partial charge is 0.246 e. The van der Waals surface area contributed by atoms with E-state index in [9.17, 15) is 4.79 Å². The van der Waals surface area contributed by atoms with Gasteiger partial charge in [-0.05, 0) is 13.0 Å². The molecule has 0 aromatic carbocycles. The molecule has 1 amide bonds. The Balaban J connectivity index is 2.51. The summed E-state index contributed by atoms with van der Waals surface area (Å²) in [6.07, 6.45) is 1.28. The molecule has 0 saturated carbocycles. The van der Waals surface area contributed by atoms with Gasteiger partial charge < -0.3 is 15.4 Å². The van der Waals surface area contributed by atoms with E-state index in [1.165, 1.54) is 6.08 Å². The standard InChI is InChI=1S/C9H16N2O2/c1-3-9(12)11-4-5-13-8(6-11)7(2)10/h3,7-8H,1,4-6,10H2,2H3. The van der Waals surface area contributed by atoms with Gasteiger partial charge >= 0.3 is 0 Å². The molecule has 1 aliphatic rings. The second kappa shape index (κ2) is 4.39. The highest BCUT2D eigenvalue weighted by Crippen LogP contribution is 2.07. The normalized spacial score (nSPS) is 25.4. The third kappa shape index (κ3) is 2.54. The molecule has 1 saturated heterocycles. The first-order valence-electron chi connectivity index (χ1n) is 4.43. The number of carbonyl (C=O) groups excluding carboxylic acids is 1. The van der Waals surface area contributed by atoms with Crippen LogP contribution in [-0.4, -0.2) is 42.6 Å². The molecule has 4 heteroatoms. The Bertz CT molecular complexity index is 204. The Kier molecular flexibility index (Phi) is 3.45. The van der Waals surface area contributed by atoms with Crippen LogP contribution in [0.5, 0.6) is 0 Å². The van der Waals surface area contributed by atoms with E-state index in [0.717, 1.165) is 0 Å². The molecule has 2 atom stereocenters. The van der Waals surface area contributed by atoms with Gasteiger partial charge in [-0.15, -0.1) is 0 Å². The number of hydrogen-bond donors (Lipinski definition) is 1. The van der Waals surface area contributed by atoms with Crippen molar-refractivity contribution in [1.29, 1.82) is 0 Å². The van der Waals surface area contributed by atoms with E-state index in [4.69, 9.17) is 10.5 Å². The third-order valence-electron chi connectivity index (χ3n) is 2.17. The number of rotatable bonds is 2. The minimum atomic E-state index is -0.0473. The number of nitrogens with zero attached hydrogens (tertiary/aromatic N) is 1. The van der Waals surface area contributed by atoms with Crippen LogP contribution in [0, 0.1) is 0 Å². The lowest BCUT2D eigenvalue weighted by Crippen LogP contribution is -2.51. The maximum Gasteiger partial charge on any atom is 0.246 e. The molecule has 4 nitrogen and oxygen atoms in total. The topological polar surface area (TPSA) is 55.6 Å². The summed E-state index contributed by atoms with van der Waals surface area (Å²) in [4.78, 5) is 13.0. The predicted molar refractivity (Wildman–Crippen MR) is 50.2 cm³/mol. The Morgan fingerprint density at radius 3 is 3.08 bits per heavy atom. The fourth-order valence-corrected chi connectivity index (χ4v) is 1.32. The summed E-state index contributed by atoms with van der Waals surface area (Å²) in [5.41, 5.74) is 5.68. The largest absolute Gasteiger partial charge is 0.373 e. The Morgan fingerprint density at radius 2 is 2.54 bits per heavy atom. The molecule has 1 rings (SSSR count). The molecule has 0 aliphatic carbocycles. The fourth-order valence-electron chi connectivity index (χ4n) is 1.32. The summed E-state index contributed by atoms with van der Waals surface area (Å²) in [6, 6.07) is -0.0413. The van der Waals surface area contributed by atoms with Crippen molar-refractivity contribution in [2.24, 2.45) is 5.73 Å². The average Bonchev–Trinajstić information content (AvgIpc) is 2.17. The van der Waals surface area contributed by atoms with Crippen LogP contribution in [0.15, 0.2) is 12.7 Å². The van der Waals surface area contributed by atoms with Crippen molar-refractivity contribution in [3.05, 3.63) is 12.7 Å². The molecule has 13 heavy (non-hydrogen) atoms. The number of ether oxygens (including phenoxy) is 1. The zero-order chi connectivity index (χ0) is 9.84. The van der Waals surface area contributed by atoms with E-state index < -0.39 is 0 Å². The monoisotopic (exact) mass is 184 g/mol. The predicted octanol–water partition coefficient (Wildman–Crippen LogP) is -0.253. The number of hydrogen-bond acceptors (Lipinski definition) is 3. The quantitative estimate of drug-likeness (QED) is 0.602. The van der Waals surface area contributed by atoms with E-state index in [0.29, 0.717) is 19.7 Å². The highest BCUT2D eigenvalue weighted by atomic mass is 16.5. The highest BCUT2D eigenvalue weighted by molar-refractivity contribution is 5.87. The van der Waals surface area contributed by atoms with E-state index in [1.807, 2.05) is 6.92 Å². The summed E-state index contributed by atoms with van der Waals surface area (Å²) < 4.78 is 5.41. The molecule has 2 unspecified atom stereocenters. The molecular formula is C9H16N2O2. The van der Waals surface area contributed by atoms with E-state index in [1.54, 1.807) is 4.90 Å². The van der Waals surface area contributed by atoms with Crippen LogP contribution in [0.25, 0.3) is 0 Å². The zero-order valence-corrected chi connectivity index (χ0v) is 7.90. The molecule has 0 bridgehead atoms. The summed E-state index contributed by atoms with van der Waals surface area (Å²) in [5, 5.41) is 0. The number of nitrogens with two attached hydrogens (primary N) is 1. The minimum Gasteiger partial charge on any atom is -0.373 e. The number of carbonyl (C=O) groups is 1. The fraction of sp³-hybridized carbons (Fsp3) is 0.667. The van der Waals surface area contributed by atoms with Crippen molar-refractivity contribution in [2.45, 2.75) is 19.1 Å². The van der Waals surface area contributed by atoms with Crippen molar-refractivity contribution in [1.82, 2.24) is 4.90 Å². The molecule has 1 fully saturated rings. The maximum absolute atomic E-state index is 11.2. The van der Waals surface area contributed by atoms with Gasteiger partial charge in [-0.2, -0.15) is 0 Å².